The van der Waals surface area contributed by atoms with Crippen molar-refractivity contribution in [3.63, 3.8) is 0 Å². The first-order valence-electron chi connectivity index (χ1n) is 9.01. The van der Waals surface area contributed by atoms with Gasteiger partial charge in [0.2, 0.25) is 5.91 Å². The predicted molar refractivity (Wildman–Crippen MR) is 95.6 cm³/mol. The number of hydrogen-bond donors (Lipinski definition) is 2. The zero-order chi connectivity index (χ0) is 19.7. The third-order valence-corrected chi connectivity index (χ3v) is 4.25. The summed E-state index contributed by atoms with van der Waals surface area (Å²) in [7, 11) is 2.98. The number of amides is 2. The second-order valence-corrected chi connectivity index (χ2v) is 7.62. The molecule has 8 nitrogen and oxygen atoms in total. The maximum atomic E-state index is 12.1. The van der Waals surface area contributed by atoms with E-state index in [0.717, 1.165) is 25.7 Å². The highest BCUT2D eigenvalue weighted by Gasteiger charge is 2.29. The van der Waals surface area contributed by atoms with Crippen molar-refractivity contribution in [3.8, 4) is 0 Å². The van der Waals surface area contributed by atoms with Gasteiger partial charge in [-0.05, 0) is 46.0 Å². The highest BCUT2D eigenvalue weighted by Crippen LogP contribution is 2.29. The molecule has 0 radical (unpaired) electrons. The fraction of sp³-hybridized carbons (Fsp3) is 0.833. The molecule has 0 heterocycles. The molecule has 2 amide bonds. The van der Waals surface area contributed by atoms with Gasteiger partial charge < -0.3 is 24.8 Å². The van der Waals surface area contributed by atoms with E-state index in [0.29, 0.717) is 6.42 Å². The Morgan fingerprint density at radius 3 is 2.42 bits per heavy atom. The summed E-state index contributed by atoms with van der Waals surface area (Å²) in [6.45, 7) is 4.93. The molecule has 1 aliphatic carbocycles. The van der Waals surface area contributed by atoms with Gasteiger partial charge in [0.05, 0.1) is 13.2 Å². The van der Waals surface area contributed by atoms with Crippen molar-refractivity contribution in [2.45, 2.75) is 70.6 Å². The monoisotopic (exact) mass is 372 g/mol. The normalized spacial score (nSPS) is 21.4. The van der Waals surface area contributed by atoms with Crippen LogP contribution in [0.3, 0.4) is 0 Å². The van der Waals surface area contributed by atoms with Crippen LogP contribution in [0.15, 0.2) is 0 Å². The van der Waals surface area contributed by atoms with E-state index >= 15 is 0 Å². The van der Waals surface area contributed by atoms with Crippen molar-refractivity contribution < 1.29 is 28.6 Å². The fourth-order valence-electron chi connectivity index (χ4n) is 3.07. The molecule has 3 atom stereocenters. The second-order valence-electron chi connectivity index (χ2n) is 7.62. The molecule has 0 spiro atoms. The van der Waals surface area contributed by atoms with E-state index in [1.54, 1.807) is 27.9 Å². The van der Waals surface area contributed by atoms with Gasteiger partial charge >= 0.3 is 12.1 Å². The Hall–Kier alpha value is -1.83. The van der Waals surface area contributed by atoms with Crippen LogP contribution in [0.4, 0.5) is 4.79 Å². The predicted octanol–water partition coefficient (Wildman–Crippen LogP) is 1.76. The van der Waals surface area contributed by atoms with Crippen LogP contribution in [0, 0.1) is 5.92 Å². The van der Waals surface area contributed by atoms with Crippen LogP contribution in [0.1, 0.15) is 52.9 Å². The first-order valence-corrected chi connectivity index (χ1v) is 9.01. The van der Waals surface area contributed by atoms with Gasteiger partial charge in [-0.2, -0.15) is 0 Å². The molecular weight excluding hydrogens is 340 g/mol. The van der Waals surface area contributed by atoms with E-state index in [1.165, 1.54) is 7.11 Å². The van der Waals surface area contributed by atoms with Crippen molar-refractivity contribution in [3.05, 3.63) is 0 Å². The molecule has 8 heteroatoms. The lowest BCUT2D eigenvalue weighted by Crippen LogP contribution is -2.47. The first kappa shape index (κ1) is 22.2. The van der Waals surface area contributed by atoms with Gasteiger partial charge in [-0.3, -0.25) is 4.79 Å². The number of alkyl carbamates (subject to hydrolysis) is 1. The maximum Gasteiger partial charge on any atom is 0.408 e. The Labute approximate surface area is 155 Å². The summed E-state index contributed by atoms with van der Waals surface area (Å²) < 4.78 is 15.3. The largest absolute Gasteiger partial charge is 0.467 e. The second kappa shape index (κ2) is 10.4. The summed E-state index contributed by atoms with van der Waals surface area (Å²) in [6.07, 6.45) is 3.89. The van der Waals surface area contributed by atoms with Gasteiger partial charge in [-0.25, -0.2) is 9.59 Å². The Kier molecular flexibility index (Phi) is 8.84. The molecule has 1 rings (SSSR count). The van der Waals surface area contributed by atoms with Crippen LogP contribution in [-0.4, -0.2) is 56.5 Å². The van der Waals surface area contributed by atoms with E-state index in [9.17, 15) is 14.4 Å². The minimum absolute atomic E-state index is 0.191. The molecule has 0 aromatic carbocycles. The summed E-state index contributed by atoms with van der Waals surface area (Å²) in [6, 6.07) is -0.742. The number of hydrogen-bond acceptors (Lipinski definition) is 6. The molecule has 0 aliphatic heterocycles. The van der Waals surface area contributed by atoms with Gasteiger partial charge in [0.1, 0.15) is 18.2 Å². The van der Waals surface area contributed by atoms with Crippen LogP contribution >= 0.6 is 0 Å². The fourth-order valence-corrected chi connectivity index (χ4v) is 3.07. The summed E-state index contributed by atoms with van der Waals surface area (Å²) in [5.74, 6) is -0.683. The molecular formula is C18H32N2O6. The van der Waals surface area contributed by atoms with E-state index in [-0.39, 0.29) is 18.6 Å². The lowest BCUT2D eigenvalue weighted by molar-refractivity contribution is -0.145. The van der Waals surface area contributed by atoms with Crippen molar-refractivity contribution in [2.75, 3.05) is 20.8 Å². The lowest BCUT2D eigenvalue weighted by Gasteiger charge is -2.30. The average Bonchev–Trinajstić information content (AvgIpc) is 2.57. The van der Waals surface area contributed by atoms with Gasteiger partial charge in [0.15, 0.2) is 0 Å². The zero-order valence-electron chi connectivity index (χ0n) is 16.4. The minimum Gasteiger partial charge on any atom is -0.467 e. The highest BCUT2D eigenvalue weighted by atomic mass is 16.6. The molecule has 1 saturated carbocycles. The van der Waals surface area contributed by atoms with E-state index in [1.807, 2.05) is 0 Å². The van der Waals surface area contributed by atoms with E-state index in [4.69, 9.17) is 14.2 Å². The molecule has 150 valence electrons. The van der Waals surface area contributed by atoms with E-state index in [2.05, 4.69) is 10.6 Å². The number of rotatable bonds is 7. The summed E-state index contributed by atoms with van der Waals surface area (Å²) in [5, 5.41) is 5.02. The molecule has 0 aromatic rings. The van der Waals surface area contributed by atoms with Gasteiger partial charge in [0, 0.05) is 7.11 Å². The number of carbonyl (C=O) groups is 3. The minimum atomic E-state index is -0.742. The number of ether oxygens (including phenoxy) is 3. The van der Waals surface area contributed by atoms with Gasteiger partial charge in [-0.1, -0.05) is 12.8 Å². The van der Waals surface area contributed by atoms with Crippen LogP contribution in [0.2, 0.25) is 0 Å². The quantitative estimate of drug-likeness (QED) is 0.660. The Morgan fingerprint density at radius 1 is 1.15 bits per heavy atom. The summed E-state index contributed by atoms with van der Waals surface area (Å²) in [5.41, 5.74) is -0.645. The third-order valence-electron chi connectivity index (χ3n) is 4.25. The smallest absolute Gasteiger partial charge is 0.408 e. The van der Waals surface area contributed by atoms with Crippen LogP contribution in [0.25, 0.3) is 0 Å². The number of methoxy groups -OCH3 is 2. The maximum absolute atomic E-state index is 12.1. The molecule has 26 heavy (non-hydrogen) atoms. The molecule has 2 N–H and O–H groups in total. The van der Waals surface area contributed by atoms with Crippen molar-refractivity contribution >= 4 is 18.0 Å². The topological polar surface area (TPSA) is 103 Å². The van der Waals surface area contributed by atoms with Gasteiger partial charge in [-0.15, -0.1) is 0 Å². The number of carbonyl (C=O) groups excluding carboxylic acids is 3. The van der Waals surface area contributed by atoms with Crippen LogP contribution in [-0.2, 0) is 23.8 Å². The van der Waals surface area contributed by atoms with Crippen molar-refractivity contribution in [2.24, 2.45) is 5.92 Å². The van der Waals surface area contributed by atoms with Gasteiger partial charge in [0.25, 0.3) is 0 Å². The standard InChI is InChI=1S/C18H32N2O6/c1-18(2,3)26-17(23)19-11-15(21)20-14(16(22)25-5)10-12-7-6-8-13(9-12)24-4/h12-14H,6-11H2,1-5H3,(H,19,23)(H,20,21)/t12?,13?,14-/m0/s1. The van der Waals surface area contributed by atoms with Crippen LogP contribution < -0.4 is 10.6 Å². The summed E-state index contributed by atoms with van der Waals surface area (Å²) in [4.78, 5) is 35.7. The SMILES string of the molecule is COC(=O)[C@H](CC1CCCC(OC)C1)NC(=O)CNC(=O)OC(C)(C)C. The van der Waals surface area contributed by atoms with E-state index < -0.39 is 29.6 Å². The molecule has 0 bridgehead atoms. The number of esters is 1. The Bertz CT molecular complexity index is 489. The lowest BCUT2D eigenvalue weighted by atomic mass is 9.83. The highest BCUT2D eigenvalue weighted by molar-refractivity contribution is 5.87. The summed E-state index contributed by atoms with van der Waals surface area (Å²) >= 11 is 0. The molecule has 1 aliphatic rings. The Morgan fingerprint density at radius 2 is 1.85 bits per heavy atom. The molecule has 0 saturated heterocycles. The van der Waals surface area contributed by atoms with Crippen molar-refractivity contribution in [1.82, 2.24) is 10.6 Å². The number of nitrogens with one attached hydrogen (secondary N) is 2. The zero-order valence-corrected chi connectivity index (χ0v) is 16.4. The average molecular weight is 372 g/mol. The molecule has 1 fully saturated rings. The molecule has 2 unspecified atom stereocenters. The third kappa shape index (κ3) is 8.51. The Balaban J connectivity index is 2.52. The van der Waals surface area contributed by atoms with Crippen LogP contribution in [0.5, 0.6) is 0 Å². The van der Waals surface area contributed by atoms with Crippen molar-refractivity contribution in [1.29, 1.82) is 0 Å². The first-order chi connectivity index (χ1) is 12.1. The molecule has 0 aromatic heterocycles.